The highest BCUT2D eigenvalue weighted by Crippen LogP contribution is 2.42. The number of nitro groups is 1. The number of carboxylic acids is 1. The molecule has 1 rings (SSSR count). The summed E-state index contributed by atoms with van der Waals surface area (Å²) in [5.74, 6) is -5.00. The standard InChI is InChI=1S/C7H5NO7/c9-2-1-3(10)5(8(14)15)6(11)4(2)7(12)13/h1,9-11H,(H,12,13). The first-order valence-electron chi connectivity index (χ1n) is 3.51. The van der Waals surface area contributed by atoms with Crippen LogP contribution in [0, 0.1) is 10.1 Å². The Bertz CT molecular complexity index is 415. The van der Waals surface area contributed by atoms with Gasteiger partial charge in [-0.15, -0.1) is 0 Å². The molecule has 0 radical (unpaired) electrons. The van der Waals surface area contributed by atoms with Crippen molar-refractivity contribution in [2.75, 3.05) is 0 Å². The Kier molecular flexibility index (Phi) is 2.35. The molecule has 1 aromatic carbocycles. The van der Waals surface area contributed by atoms with Gasteiger partial charge in [-0.3, -0.25) is 10.1 Å². The molecule has 0 atom stereocenters. The number of carboxylic acid groups (broad SMARTS) is 1. The zero-order valence-corrected chi connectivity index (χ0v) is 7.04. The fraction of sp³-hybridized carbons (Fsp3) is 0. The van der Waals surface area contributed by atoms with Crippen LogP contribution in [0.4, 0.5) is 5.69 Å². The summed E-state index contributed by atoms with van der Waals surface area (Å²) in [6, 6.07) is 0.474. The lowest BCUT2D eigenvalue weighted by molar-refractivity contribution is -0.386. The molecule has 0 amide bonds. The number of phenolic OH excluding ortho intramolecular Hbond substituents is 1. The second-order valence-electron chi connectivity index (χ2n) is 2.55. The molecule has 0 heterocycles. The van der Waals surface area contributed by atoms with Gasteiger partial charge in [0.05, 0.1) is 4.92 Å². The Hall–Kier alpha value is -2.51. The number of aromatic hydroxyl groups is 3. The van der Waals surface area contributed by atoms with Gasteiger partial charge in [-0.25, -0.2) is 4.79 Å². The normalized spacial score (nSPS) is 9.87. The van der Waals surface area contributed by atoms with Crippen LogP contribution in [0.15, 0.2) is 6.07 Å². The molecular weight excluding hydrogens is 210 g/mol. The maximum atomic E-state index is 10.5. The third-order valence-corrected chi connectivity index (χ3v) is 1.63. The van der Waals surface area contributed by atoms with Crippen molar-refractivity contribution in [3.63, 3.8) is 0 Å². The number of carbonyl (C=O) groups is 1. The molecule has 8 nitrogen and oxygen atoms in total. The topological polar surface area (TPSA) is 141 Å². The first-order valence-corrected chi connectivity index (χ1v) is 3.51. The van der Waals surface area contributed by atoms with Crippen molar-refractivity contribution < 1.29 is 30.1 Å². The highest BCUT2D eigenvalue weighted by Gasteiger charge is 2.29. The quantitative estimate of drug-likeness (QED) is 0.413. The maximum Gasteiger partial charge on any atom is 0.353 e. The summed E-state index contributed by atoms with van der Waals surface area (Å²) in [7, 11) is 0. The molecule has 8 heteroatoms. The molecule has 0 aromatic heterocycles. The number of rotatable bonds is 2. The van der Waals surface area contributed by atoms with Gasteiger partial charge in [0.1, 0.15) is 5.75 Å². The summed E-state index contributed by atoms with van der Waals surface area (Å²) in [6.45, 7) is 0. The Labute approximate surface area is 81.8 Å². The van der Waals surface area contributed by atoms with E-state index in [1.807, 2.05) is 0 Å². The summed E-state index contributed by atoms with van der Waals surface area (Å²) in [5, 5.41) is 46.0. The highest BCUT2D eigenvalue weighted by atomic mass is 16.6. The van der Waals surface area contributed by atoms with E-state index >= 15 is 0 Å². The number of aromatic carboxylic acids is 1. The predicted molar refractivity (Wildman–Crippen MR) is 45.1 cm³/mol. The Morgan fingerprint density at radius 3 is 2.20 bits per heavy atom. The summed E-state index contributed by atoms with van der Waals surface area (Å²) >= 11 is 0. The van der Waals surface area contributed by atoms with Crippen molar-refractivity contribution in [2.45, 2.75) is 0 Å². The predicted octanol–water partition coefficient (Wildman–Crippen LogP) is 0.410. The molecule has 0 bridgehead atoms. The van der Waals surface area contributed by atoms with E-state index in [4.69, 9.17) is 20.4 Å². The summed E-state index contributed by atoms with van der Waals surface area (Å²) < 4.78 is 0. The Balaban J connectivity index is 3.64. The third kappa shape index (κ3) is 1.59. The van der Waals surface area contributed by atoms with Gasteiger partial charge in [0, 0.05) is 6.07 Å². The monoisotopic (exact) mass is 215 g/mol. The molecule has 0 aliphatic carbocycles. The van der Waals surface area contributed by atoms with Crippen LogP contribution in [-0.2, 0) is 0 Å². The number of nitro benzene ring substituents is 1. The lowest BCUT2D eigenvalue weighted by Gasteiger charge is -2.04. The average molecular weight is 215 g/mol. The fourth-order valence-electron chi connectivity index (χ4n) is 1.02. The van der Waals surface area contributed by atoms with Crippen LogP contribution in [-0.4, -0.2) is 31.3 Å². The van der Waals surface area contributed by atoms with E-state index in [0.29, 0.717) is 6.07 Å². The smallest absolute Gasteiger partial charge is 0.353 e. The Morgan fingerprint density at radius 1 is 1.27 bits per heavy atom. The lowest BCUT2D eigenvalue weighted by atomic mass is 10.1. The van der Waals surface area contributed by atoms with E-state index in [-0.39, 0.29) is 0 Å². The minimum Gasteiger partial charge on any atom is -0.507 e. The van der Waals surface area contributed by atoms with Gasteiger partial charge in [-0.1, -0.05) is 0 Å². The highest BCUT2D eigenvalue weighted by molar-refractivity contribution is 5.96. The largest absolute Gasteiger partial charge is 0.507 e. The molecule has 0 saturated carbocycles. The molecule has 0 fully saturated rings. The molecule has 0 aliphatic rings. The van der Waals surface area contributed by atoms with Crippen LogP contribution in [0.1, 0.15) is 10.4 Å². The van der Waals surface area contributed by atoms with Gasteiger partial charge in [0.15, 0.2) is 5.56 Å². The minimum atomic E-state index is -1.74. The molecular formula is C7H5NO7. The number of phenols is 3. The average Bonchev–Trinajstić information content (AvgIpc) is 1.99. The molecule has 4 N–H and O–H groups in total. The Morgan fingerprint density at radius 2 is 1.80 bits per heavy atom. The van der Waals surface area contributed by atoms with Crippen molar-refractivity contribution in [3.8, 4) is 17.2 Å². The van der Waals surface area contributed by atoms with Gasteiger partial charge in [0.25, 0.3) is 0 Å². The second kappa shape index (κ2) is 3.33. The molecule has 1 aromatic rings. The van der Waals surface area contributed by atoms with Crippen LogP contribution >= 0.6 is 0 Å². The number of benzene rings is 1. The SMILES string of the molecule is O=C(O)c1c(O)cc(O)c([N+](=O)[O-])c1O. The molecule has 15 heavy (non-hydrogen) atoms. The van der Waals surface area contributed by atoms with E-state index in [0.717, 1.165) is 0 Å². The van der Waals surface area contributed by atoms with Gasteiger partial charge < -0.3 is 20.4 Å². The van der Waals surface area contributed by atoms with E-state index in [9.17, 15) is 14.9 Å². The van der Waals surface area contributed by atoms with E-state index in [2.05, 4.69) is 0 Å². The van der Waals surface area contributed by atoms with Crippen molar-refractivity contribution in [1.82, 2.24) is 0 Å². The van der Waals surface area contributed by atoms with Gasteiger partial charge in [-0.2, -0.15) is 0 Å². The summed E-state index contributed by atoms with van der Waals surface area (Å²) in [4.78, 5) is 19.7. The van der Waals surface area contributed by atoms with Crippen molar-refractivity contribution >= 4 is 11.7 Å². The first kappa shape index (κ1) is 10.6. The van der Waals surface area contributed by atoms with Crippen LogP contribution < -0.4 is 0 Å². The first-order chi connectivity index (χ1) is 6.86. The third-order valence-electron chi connectivity index (χ3n) is 1.63. The maximum absolute atomic E-state index is 10.5. The second-order valence-corrected chi connectivity index (χ2v) is 2.55. The van der Waals surface area contributed by atoms with E-state index in [1.165, 1.54) is 0 Å². The minimum absolute atomic E-state index is 0.474. The van der Waals surface area contributed by atoms with Gasteiger partial charge >= 0.3 is 11.7 Å². The van der Waals surface area contributed by atoms with Crippen molar-refractivity contribution in [3.05, 3.63) is 21.7 Å². The van der Waals surface area contributed by atoms with E-state index < -0.39 is 39.4 Å². The number of hydrogen-bond donors (Lipinski definition) is 4. The van der Waals surface area contributed by atoms with E-state index in [1.54, 1.807) is 0 Å². The van der Waals surface area contributed by atoms with Crippen LogP contribution in [0.25, 0.3) is 0 Å². The van der Waals surface area contributed by atoms with Crippen LogP contribution in [0.5, 0.6) is 17.2 Å². The summed E-state index contributed by atoms with van der Waals surface area (Å²) in [5.41, 5.74) is -2.19. The number of hydrogen-bond acceptors (Lipinski definition) is 6. The molecule has 0 unspecified atom stereocenters. The van der Waals surface area contributed by atoms with Gasteiger partial charge in [-0.05, 0) is 0 Å². The fourth-order valence-corrected chi connectivity index (χ4v) is 1.02. The van der Waals surface area contributed by atoms with Crippen molar-refractivity contribution in [1.29, 1.82) is 0 Å². The van der Waals surface area contributed by atoms with Crippen LogP contribution in [0.2, 0.25) is 0 Å². The zero-order valence-electron chi connectivity index (χ0n) is 7.04. The molecule has 0 spiro atoms. The summed E-state index contributed by atoms with van der Waals surface area (Å²) in [6.07, 6.45) is 0. The molecule has 0 aliphatic heterocycles. The van der Waals surface area contributed by atoms with Crippen molar-refractivity contribution in [2.24, 2.45) is 0 Å². The molecule has 80 valence electrons. The lowest BCUT2D eigenvalue weighted by Crippen LogP contribution is -2.00. The van der Waals surface area contributed by atoms with Crippen LogP contribution in [0.3, 0.4) is 0 Å². The molecule has 0 saturated heterocycles. The van der Waals surface area contributed by atoms with Gasteiger partial charge in [0.2, 0.25) is 11.5 Å². The number of nitrogens with zero attached hydrogens (tertiary/aromatic N) is 1. The zero-order chi connectivity index (χ0) is 11.7.